The van der Waals surface area contributed by atoms with Gasteiger partial charge in [-0.05, 0) is 30.9 Å². The Morgan fingerprint density at radius 2 is 2.18 bits per heavy atom. The van der Waals surface area contributed by atoms with E-state index >= 15 is 0 Å². The zero-order valence-electron chi connectivity index (χ0n) is 9.96. The van der Waals surface area contributed by atoms with Crippen LogP contribution in [-0.2, 0) is 9.84 Å². The fourth-order valence-electron chi connectivity index (χ4n) is 1.37. The Morgan fingerprint density at radius 1 is 1.41 bits per heavy atom. The summed E-state index contributed by atoms with van der Waals surface area (Å²) in [6, 6.07) is 3.28. The third kappa shape index (κ3) is 4.44. The highest BCUT2D eigenvalue weighted by atomic mass is 32.2. The number of unbranched alkanes of at least 4 members (excludes halogenated alkanes) is 1. The first-order valence-corrected chi connectivity index (χ1v) is 7.38. The molecule has 0 unspecified atom stereocenters. The SMILES string of the molecule is CCC[CH]c1ccc(S(=O)(=O)CCCO)nc1. The van der Waals surface area contributed by atoms with E-state index in [1.807, 2.05) is 6.42 Å². The number of pyridine rings is 1. The van der Waals surface area contributed by atoms with Gasteiger partial charge in [0.25, 0.3) is 0 Å². The largest absolute Gasteiger partial charge is 0.396 e. The van der Waals surface area contributed by atoms with Crippen molar-refractivity contribution < 1.29 is 13.5 Å². The second kappa shape index (κ2) is 6.71. The van der Waals surface area contributed by atoms with E-state index in [0.717, 1.165) is 18.4 Å². The van der Waals surface area contributed by atoms with Gasteiger partial charge in [0.15, 0.2) is 14.9 Å². The molecule has 1 aromatic rings. The zero-order chi connectivity index (χ0) is 12.7. The Labute approximate surface area is 103 Å². The molecular weight excluding hydrogens is 238 g/mol. The van der Waals surface area contributed by atoms with Gasteiger partial charge in [-0.2, -0.15) is 0 Å². The van der Waals surface area contributed by atoms with E-state index in [4.69, 9.17) is 5.11 Å². The molecule has 0 fully saturated rings. The monoisotopic (exact) mass is 256 g/mol. The van der Waals surface area contributed by atoms with E-state index in [2.05, 4.69) is 11.9 Å². The lowest BCUT2D eigenvalue weighted by atomic mass is 10.1. The maximum absolute atomic E-state index is 11.7. The second-order valence-electron chi connectivity index (χ2n) is 3.82. The number of aromatic nitrogens is 1. The van der Waals surface area contributed by atoms with Crippen molar-refractivity contribution in [2.45, 2.75) is 31.2 Å². The van der Waals surface area contributed by atoms with Gasteiger partial charge in [-0.1, -0.05) is 19.4 Å². The molecule has 0 atom stereocenters. The molecule has 0 aromatic carbocycles. The molecule has 1 N–H and O–H groups in total. The Hall–Kier alpha value is -0.940. The predicted molar refractivity (Wildman–Crippen MR) is 66.3 cm³/mol. The highest BCUT2D eigenvalue weighted by molar-refractivity contribution is 7.91. The highest BCUT2D eigenvalue weighted by Gasteiger charge is 2.14. The summed E-state index contributed by atoms with van der Waals surface area (Å²) in [4.78, 5) is 3.96. The summed E-state index contributed by atoms with van der Waals surface area (Å²) >= 11 is 0. The Morgan fingerprint density at radius 3 is 2.71 bits per heavy atom. The highest BCUT2D eigenvalue weighted by Crippen LogP contribution is 2.12. The van der Waals surface area contributed by atoms with Crippen LogP contribution in [0.3, 0.4) is 0 Å². The van der Waals surface area contributed by atoms with Crippen LogP contribution < -0.4 is 0 Å². The first kappa shape index (κ1) is 14.1. The normalized spacial score (nSPS) is 11.6. The maximum atomic E-state index is 11.7. The molecule has 1 rings (SSSR count). The van der Waals surface area contributed by atoms with Crippen LogP contribution in [-0.4, -0.2) is 30.9 Å². The van der Waals surface area contributed by atoms with E-state index < -0.39 is 9.84 Å². The molecule has 0 spiro atoms. The van der Waals surface area contributed by atoms with Crippen LogP contribution in [0.5, 0.6) is 0 Å². The molecule has 0 aliphatic carbocycles. The number of hydrogen-bond acceptors (Lipinski definition) is 4. The Kier molecular flexibility index (Phi) is 5.58. The summed E-state index contributed by atoms with van der Waals surface area (Å²) in [7, 11) is -3.34. The third-order valence-corrected chi connectivity index (χ3v) is 4.02. The summed E-state index contributed by atoms with van der Waals surface area (Å²) < 4.78 is 23.5. The van der Waals surface area contributed by atoms with Crippen LogP contribution >= 0.6 is 0 Å². The second-order valence-corrected chi connectivity index (χ2v) is 5.87. The summed E-state index contributed by atoms with van der Waals surface area (Å²) in [5.74, 6) is -0.0610. The van der Waals surface area contributed by atoms with Crippen molar-refractivity contribution in [2.24, 2.45) is 0 Å². The molecule has 0 saturated carbocycles. The van der Waals surface area contributed by atoms with Crippen molar-refractivity contribution in [1.29, 1.82) is 0 Å². The molecule has 4 nitrogen and oxygen atoms in total. The summed E-state index contributed by atoms with van der Waals surface area (Å²) in [6.07, 6.45) is 5.85. The molecule has 0 saturated heterocycles. The van der Waals surface area contributed by atoms with Crippen molar-refractivity contribution >= 4 is 9.84 Å². The van der Waals surface area contributed by atoms with Crippen molar-refractivity contribution in [3.05, 3.63) is 30.3 Å². The van der Waals surface area contributed by atoms with Gasteiger partial charge >= 0.3 is 0 Å². The number of aliphatic hydroxyl groups is 1. The first-order chi connectivity index (χ1) is 8.10. The lowest BCUT2D eigenvalue weighted by molar-refractivity contribution is 0.295. The van der Waals surface area contributed by atoms with Gasteiger partial charge < -0.3 is 5.11 Å². The molecule has 5 heteroatoms. The molecular formula is C12H18NO3S. The number of nitrogens with zero attached hydrogens (tertiary/aromatic N) is 1. The van der Waals surface area contributed by atoms with Gasteiger partial charge in [0.1, 0.15) is 0 Å². The average molecular weight is 256 g/mol. The molecule has 1 heterocycles. The first-order valence-electron chi connectivity index (χ1n) is 5.73. The summed E-state index contributed by atoms with van der Waals surface area (Å²) in [5.41, 5.74) is 0.938. The van der Waals surface area contributed by atoms with Crippen LogP contribution in [0.1, 0.15) is 31.7 Å². The van der Waals surface area contributed by atoms with Crippen LogP contribution in [0.2, 0.25) is 0 Å². The van der Waals surface area contributed by atoms with Crippen LogP contribution in [0.15, 0.2) is 23.4 Å². The number of rotatable bonds is 7. The van der Waals surface area contributed by atoms with Gasteiger partial charge in [0, 0.05) is 12.8 Å². The standard InChI is InChI=1S/C12H18NO3S/c1-2-3-5-11-6-7-12(13-10-11)17(15,16)9-4-8-14/h5-7,10,14H,2-4,8-9H2,1H3. The molecule has 0 aliphatic heterocycles. The predicted octanol–water partition coefficient (Wildman–Crippen LogP) is 1.59. The molecule has 1 radical (unpaired) electrons. The van der Waals surface area contributed by atoms with Gasteiger partial charge in [0.2, 0.25) is 0 Å². The van der Waals surface area contributed by atoms with Gasteiger partial charge in [-0.15, -0.1) is 0 Å². The molecule has 17 heavy (non-hydrogen) atoms. The van der Waals surface area contributed by atoms with Gasteiger partial charge in [-0.25, -0.2) is 13.4 Å². The molecule has 0 bridgehead atoms. The van der Waals surface area contributed by atoms with Crippen LogP contribution in [0, 0.1) is 6.42 Å². The topological polar surface area (TPSA) is 67.3 Å². The maximum Gasteiger partial charge on any atom is 0.195 e. The summed E-state index contributed by atoms with van der Waals surface area (Å²) in [5, 5.41) is 8.71. The Bertz CT molecular complexity index is 426. The van der Waals surface area contributed by atoms with Crippen molar-refractivity contribution in [3.8, 4) is 0 Å². The fraction of sp³-hybridized carbons (Fsp3) is 0.500. The van der Waals surface area contributed by atoms with Gasteiger partial charge in [-0.3, -0.25) is 0 Å². The fourth-order valence-corrected chi connectivity index (χ4v) is 2.57. The zero-order valence-corrected chi connectivity index (χ0v) is 10.8. The summed E-state index contributed by atoms with van der Waals surface area (Å²) in [6.45, 7) is 1.96. The lowest BCUT2D eigenvalue weighted by Gasteiger charge is -2.04. The van der Waals surface area contributed by atoms with Crippen molar-refractivity contribution in [2.75, 3.05) is 12.4 Å². The minimum atomic E-state index is -3.34. The quantitative estimate of drug-likeness (QED) is 0.804. The van der Waals surface area contributed by atoms with Crippen molar-refractivity contribution in [3.63, 3.8) is 0 Å². The minimum Gasteiger partial charge on any atom is -0.396 e. The number of aliphatic hydroxyl groups excluding tert-OH is 1. The molecule has 95 valence electrons. The third-order valence-electron chi connectivity index (χ3n) is 2.32. The molecule has 0 aliphatic rings. The van der Waals surface area contributed by atoms with Crippen LogP contribution in [0.25, 0.3) is 0 Å². The van der Waals surface area contributed by atoms with E-state index in [9.17, 15) is 8.42 Å². The van der Waals surface area contributed by atoms with Crippen molar-refractivity contribution in [1.82, 2.24) is 4.98 Å². The molecule has 1 aromatic heterocycles. The smallest absolute Gasteiger partial charge is 0.195 e. The average Bonchev–Trinajstić information content (AvgIpc) is 2.34. The van der Waals surface area contributed by atoms with Gasteiger partial charge in [0.05, 0.1) is 5.75 Å². The Balaban J connectivity index is 2.73. The lowest BCUT2D eigenvalue weighted by Crippen LogP contribution is -2.10. The number of hydrogen-bond donors (Lipinski definition) is 1. The van der Waals surface area contributed by atoms with E-state index in [-0.39, 0.29) is 23.8 Å². The minimum absolute atomic E-state index is 0.0610. The van der Waals surface area contributed by atoms with Crippen LogP contribution in [0.4, 0.5) is 0 Å². The van der Waals surface area contributed by atoms with E-state index in [0.29, 0.717) is 0 Å². The van der Waals surface area contributed by atoms with E-state index in [1.54, 1.807) is 12.3 Å². The number of sulfone groups is 1. The molecule has 0 amide bonds. The van der Waals surface area contributed by atoms with E-state index in [1.165, 1.54) is 6.07 Å².